The van der Waals surface area contributed by atoms with Gasteiger partial charge in [0.1, 0.15) is 5.75 Å². The van der Waals surface area contributed by atoms with Crippen molar-refractivity contribution in [2.75, 3.05) is 0 Å². The molecule has 0 aliphatic rings. The molecule has 0 amide bonds. The first-order chi connectivity index (χ1) is 6.26. The molecule has 0 atom stereocenters. The Hall–Kier alpha value is -0.980. The van der Waals surface area contributed by atoms with Crippen molar-refractivity contribution in [1.29, 1.82) is 0 Å². The van der Waals surface area contributed by atoms with Gasteiger partial charge in [0.05, 0.1) is 0 Å². The molecule has 0 unspecified atom stereocenters. The van der Waals surface area contributed by atoms with E-state index in [4.69, 9.17) is 0 Å². The van der Waals surface area contributed by atoms with E-state index in [-0.39, 0.29) is 0 Å². The average Bonchev–Trinajstić information content (AvgIpc) is 2.14. The number of aryl methyl sites for hydroxylation is 2. The smallest absolute Gasteiger partial charge is 0.116 e. The number of phenolic OH excluding ortho intramolecular Hbond substituents is 1. The van der Waals surface area contributed by atoms with Crippen LogP contribution < -0.4 is 0 Å². The second kappa shape index (κ2) is 4.90. The van der Waals surface area contributed by atoms with E-state index in [0.29, 0.717) is 5.75 Å². The molecule has 0 aliphatic heterocycles. The van der Waals surface area contributed by atoms with Crippen molar-refractivity contribution >= 4 is 0 Å². The van der Waals surface area contributed by atoms with Crippen molar-refractivity contribution in [3.8, 4) is 5.75 Å². The van der Waals surface area contributed by atoms with E-state index < -0.39 is 0 Å². The normalized spacial score (nSPS) is 10.3. The van der Waals surface area contributed by atoms with Crippen LogP contribution in [0.15, 0.2) is 18.2 Å². The van der Waals surface area contributed by atoms with E-state index in [1.807, 2.05) is 12.1 Å². The van der Waals surface area contributed by atoms with Crippen LogP contribution in [0.1, 0.15) is 37.8 Å². The Morgan fingerprint density at radius 3 is 2.38 bits per heavy atom. The summed E-state index contributed by atoms with van der Waals surface area (Å²) in [6.07, 6.45) is 4.48. The lowest BCUT2D eigenvalue weighted by Gasteiger charge is -2.04. The molecule has 13 heavy (non-hydrogen) atoms. The summed E-state index contributed by atoms with van der Waals surface area (Å²) >= 11 is 0. The minimum atomic E-state index is 0.408. The predicted molar refractivity (Wildman–Crippen MR) is 56.1 cm³/mol. The second-order valence-electron chi connectivity index (χ2n) is 3.46. The Balaban J connectivity index is 2.76. The second-order valence-corrected chi connectivity index (χ2v) is 3.46. The summed E-state index contributed by atoms with van der Waals surface area (Å²) < 4.78 is 0. The molecule has 1 nitrogen and oxygen atoms in total. The van der Waals surface area contributed by atoms with Gasteiger partial charge in [0.15, 0.2) is 0 Å². The molecule has 0 fully saturated rings. The van der Waals surface area contributed by atoms with Gasteiger partial charge >= 0.3 is 0 Å². The van der Waals surface area contributed by atoms with Gasteiger partial charge in [-0.25, -0.2) is 0 Å². The molecule has 0 radical (unpaired) electrons. The molecule has 0 saturated carbocycles. The summed E-state index contributed by atoms with van der Waals surface area (Å²) in [6, 6.07) is 5.90. The van der Waals surface area contributed by atoms with Crippen molar-refractivity contribution in [2.45, 2.75) is 39.5 Å². The molecule has 1 aromatic carbocycles. The maximum absolute atomic E-state index is 9.42. The number of aromatic hydroxyl groups is 1. The van der Waals surface area contributed by atoms with E-state index in [9.17, 15) is 5.11 Å². The first-order valence-corrected chi connectivity index (χ1v) is 5.08. The lowest BCUT2D eigenvalue weighted by Crippen LogP contribution is -1.88. The molecular formula is C12H18O. The van der Waals surface area contributed by atoms with Crippen molar-refractivity contribution in [2.24, 2.45) is 0 Å². The van der Waals surface area contributed by atoms with E-state index in [1.54, 1.807) is 0 Å². The molecule has 0 bridgehead atoms. The van der Waals surface area contributed by atoms with Gasteiger partial charge < -0.3 is 5.11 Å². The van der Waals surface area contributed by atoms with Crippen LogP contribution in [0.2, 0.25) is 0 Å². The highest BCUT2D eigenvalue weighted by molar-refractivity contribution is 5.33. The van der Waals surface area contributed by atoms with Crippen LogP contribution in [0.4, 0.5) is 0 Å². The molecular weight excluding hydrogens is 160 g/mol. The van der Waals surface area contributed by atoms with Crippen LogP contribution in [-0.4, -0.2) is 5.11 Å². The Bertz CT molecular complexity index is 266. The number of rotatable bonds is 4. The van der Waals surface area contributed by atoms with Crippen molar-refractivity contribution < 1.29 is 5.11 Å². The maximum atomic E-state index is 9.42. The SMILES string of the molecule is CCCCc1cc(O)cc(CC)c1. The largest absolute Gasteiger partial charge is 0.508 e. The first-order valence-electron chi connectivity index (χ1n) is 5.08. The standard InChI is InChI=1S/C12H18O/c1-3-5-6-11-7-10(4-2)8-12(13)9-11/h7-9,13H,3-6H2,1-2H3. The summed E-state index contributed by atoms with van der Waals surface area (Å²) in [5.41, 5.74) is 2.49. The van der Waals surface area contributed by atoms with Crippen LogP contribution in [0.5, 0.6) is 5.75 Å². The van der Waals surface area contributed by atoms with Crippen molar-refractivity contribution in [3.63, 3.8) is 0 Å². The minimum absolute atomic E-state index is 0.408. The number of hydrogen-bond acceptors (Lipinski definition) is 1. The molecule has 0 spiro atoms. The fraction of sp³-hybridized carbons (Fsp3) is 0.500. The molecule has 0 aromatic heterocycles. The van der Waals surface area contributed by atoms with E-state index in [0.717, 1.165) is 12.8 Å². The quantitative estimate of drug-likeness (QED) is 0.750. The molecule has 72 valence electrons. The molecule has 0 aliphatic carbocycles. The highest BCUT2D eigenvalue weighted by Gasteiger charge is 1.98. The van der Waals surface area contributed by atoms with E-state index in [2.05, 4.69) is 19.9 Å². The molecule has 1 heteroatoms. The van der Waals surface area contributed by atoms with Gasteiger partial charge in [0, 0.05) is 0 Å². The third kappa shape index (κ3) is 3.10. The van der Waals surface area contributed by atoms with Gasteiger partial charge in [-0.05, 0) is 42.5 Å². The molecule has 0 heterocycles. The molecule has 1 aromatic rings. The van der Waals surface area contributed by atoms with Crippen LogP contribution in [-0.2, 0) is 12.8 Å². The van der Waals surface area contributed by atoms with Gasteiger partial charge in [-0.3, -0.25) is 0 Å². The lowest BCUT2D eigenvalue weighted by atomic mass is 10.0. The van der Waals surface area contributed by atoms with Gasteiger partial charge in [-0.1, -0.05) is 26.3 Å². The average molecular weight is 178 g/mol. The van der Waals surface area contributed by atoms with Gasteiger partial charge in [0.25, 0.3) is 0 Å². The van der Waals surface area contributed by atoms with E-state index in [1.165, 1.54) is 24.0 Å². The van der Waals surface area contributed by atoms with Crippen LogP contribution >= 0.6 is 0 Å². The maximum Gasteiger partial charge on any atom is 0.116 e. The molecule has 0 saturated heterocycles. The van der Waals surface area contributed by atoms with Crippen molar-refractivity contribution in [1.82, 2.24) is 0 Å². The molecule has 1 N–H and O–H groups in total. The van der Waals surface area contributed by atoms with Gasteiger partial charge in [-0.2, -0.15) is 0 Å². The summed E-state index contributed by atoms with van der Waals surface area (Å²) in [7, 11) is 0. The summed E-state index contributed by atoms with van der Waals surface area (Å²) in [6.45, 7) is 4.29. The Labute approximate surface area is 80.4 Å². The topological polar surface area (TPSA) is 20.2 Å². The third-order valence-electron chi connectivity index (χ3n) is 2.26. The summed E-state index contributed by atoms with van der Waals surface area (Å²) in [5, 5.41) is 9.42. The number of unbranched alkanes of at least 4 members (excludes halogenated alkanes) is 1. The zero-order valence-electron chi connectivity index (χ0n) is 8.51. The summed E-state index contributed by atoms with van der Waals surface area (Å²) in [5.74, 6) is 0.408. The summed E-state index contributed by atoms with van der Waals surface area (Å²) in [4.78, 5) is 0. The highest BCUT2D eigenvalue weighted by atomic mass is 16.3. The molecule has 1 rings (SSSR count). The Morgan fingerprint density at radius 1 is 1.08 bits per heavy atom. The van der Waals surface area contributed by atoms with Crippen LogP contribution in [0.25, 0.3) is 0 Å². The number of hydrogen-bond donors (Lipinski definition) is 1. The third-order valence-corrected chi connectivity index (χ3v) is 2.26. The Morgan fingerprint density at radius 2 is 1.77 bits per heavy atom. The zero-order valence-corrected chi connectivity index (χ0v) is 8.51. The first kappa shape index (κ1) is 10.1. The number of benzene rings is 1. The fourth-order valence-electron chi connectivity index (χ4n) is 1.47. The highest BCUT2D eigenvalue weighted by Crippen LogP contribution is 2.17. The van der Waals surface area contributed by atoms with E-state index >= 15 is 0 Å². The fourth-order valence-corrected chi connectivity index (χ4v) is 1.47. The lowest BCUT2D eigenvalue weighted by molar-refractivity contribution is 0.473. The predicted octanol–water partition coefficient (Wildman–Crippen LogP) is 3.30. The van der Waals surface area contributed by atoms with Gasteiger partial charge in [0.2, 0.25) is 0 Å². The zero-order chi connectivity index (χ0) is 9.68. The van der Waals surface area contributed by atoms with Crippen LogP contribution in [0.3, 0.4) is 0 Å². The van der Waals surface area contributed by atoms with Gasteiger partial charge in [-0.15, -0.1) is 0 Å². The monoisotopic (exact) mass is 178 g/mol. The Kier molecular flexibility index (Phi) is 3.81. The van der Waals surface area contributed by atoms with Crippen molar-refractivity contribution in [3.05, 3.63) is 29.3 Å². The van der Waals surface area contributed by atoms with Crippen LogP contribution in [0, 0.1) is 0 Å². The minimum Gasteiger partial charge on any atom is -0.508 e. The number of phenols is 1.